The Bertz CT molecular complexity index is 308. The van der Waals surface area contributed by atoms with Crippen molar-refractivity contribution >= 4 is 12.2 Å². The molecule has 0 saturated heterocycles. The largest absolute Gasteiger partial charge is 0.345 e. The van der Waals surface area contributed by atoms with Crippen molar-refractivity contribution in [3.05, 3.63) is 36.2 Å². The normalized spacial score (nSPS) is 11.0. The highest BCUT2D eigenvalue weighted by molar-refractivity contribution is 5.65. The maximum absolute atomic E-state index is 4.04. The van der Waals surface area contributed by atoms with Crippen molar-refractivity contribution in [2.24, 2.45) is 0 Å². The molecule has 0 saturated carbocycles. The van der Waals surface area contributed by atoms with Gasteiger partial charge in [0.25, 0.3) is 0 Å². The molecule has 12 heavy (non-hydrogen) atoms. The fourth-order valence-electron chi connectivity index (χ4n) is 0.896. The van der Waals surface area contributed by atoms with E-state index in [0.717, 1.165) is 11.4 Å². The van der Waals surface area contributed by atoms with E-state index in [0.29, 0.717) is 0 Å². The lowest BCUT2D eigenvalue weighted by molar-refractivity contribution is 1.09. The molecule has 0 spiro atoms. The van der Waals surface area contributed by atoms with Crippen LogP contribution < -0.4 is 0 Å². The van der Waals surface area contributed by atoms with Crippen LogP contribution in [0.3, 0.4) is 0 Å². The van der Waals surface area contributed by atoms with Crippen molar-refractivity contribution < 1.29 is 0 Å². The number of H-pyrrole nitrogens is 2. The molecule has 2 aromatic heterocycles. The molecule has 0 fully saturated rings. The fourth-order valence-corrected chi connectivity index (χ4v) is 0.896. The van der Waals surface area contributed by atoms with Crippen LogP contribution in [0.2, 0.25) is 0 Å². The molecule has 2 rings (SSSR count). The monoisotopic (exact) mass is 160 g/mol. The lowest BCUT2D eigenvalue weighted by Crippen LogP contribution is -1.71. The minimum atomic E-state index is 0.844. The first-order chi connectivity index (χ1) is 5.95. The molecule has 0 unspecified atom stereocenters. The van der Waals surface area contributed by atoms with E-state index < -0.39 is 0 Å². The second kappa shape index (κ2) is 3.04. The Labute approximate surface area is 69.4 Å². The lowest BCUT2D eigenvalue weighted by Gasteiger charge is -1.81. The summed E-state index contributed by atoms with van der Waals surface area (Å²) in [5, 5.41) is 6.54. The molecule has 60 valence electrons. The smallest absolute Gasteiger partial charge is 0.129 e. The summed E-state index contributed by atoms with van der Waals surface area (Å²) in [6, 6.07) is 0. The zero-order chi connectivity index (χ0) is 8.23. The average Bonchev–Trinajstić information content (AvgIpc) is 2.74. The van der Waals surface area contributed by atoms with Crippen molar-refractivity contribution in [1.29, 1.82) is 0 Å². The van der Waals surface area contributed by atoms with E-state index in [4.69, 9.17) is 0 Å². The molecular weight excluding hydrogens is 152 g/mol. The summed E-state index contributed by atoms with van der Waals surface area (Å²) in [5.74, 6) is 0.844. The summed E-state index contributed by atoms with van der Waals surface area (Å²) in [6.45, 7) is 0. The fraction of sp³-hybridized carbons (Fsp3) is 0. The van der Waals surface area contributed by atoms with Gasteiger partial charge in [0.15, 0.2) is 0 Å². The highest BCUT2D eigenvalue weighted by Gasteiger charge is 1.87. The third-order valence-corrected chi connectivity index (χ3v) is 1.47. The van der Waals surface area contributed by atoms with Gasteiger partial charge < -0.3 is 4.98 Å². The Morgan fingerprint density at radius 1 is 1.33 bits per heavy atom. The standard InChI is InChI=1S/C8H8N4/c1(7-5-11-12-6-7)2-8-9-3-4-10-8/h1-6H,(H,9,10)(H,11,12)/b2-1+. The number of imidazole rings is 1. The van der Waals surface area contributed by atoms with Crippen molar-refractivity contribution in [3.63, 3.8) is 0 Å². The van der Waals surface area contributed by atoms with Crippen LogP contribution in [-0.2, 0) is 0 Å². The number of nitrogens with zero attached hydrogens (tertiary/aromatic N) is 2. The molecule has 2 heterocycles. The van der Waals surface area contributed by atoms with Crippen LogP contribution in [-0.4, -0.2) is 20.2 Å². The third kappa shape index (κ3) is 1.42. The first-order valence-corrected chi connectivity index (χ1v) is 3.61. The van der Waals surface area contributed by atoms with E-state index >= 15 is 0 Å². The topological polar surface area (TPSA) is 57.4 Å². The Balaban J connectivity index is 2.14. The molecule has 2 N–H and O–H groups in total. The van der Waals surface area contributed by atoms with E-state index in [9.17, 15) is 0 Å². The summed E-state index contributed by atoms with van der Waals surface area (Å²) in [7, 11) is 0. The molecule has 0 aliphatic rings. The van der Waals surface area contributed by atoms with Gasteiger partial charge >= 0.3 is 0 Å². The lowest BCUT2D eigenvalue weighted by atomic mass is 10.3. The first kappa shape index (κ1) is 6.84. The van der Waals surface area contributed by atoms with Crippen molar-refractivity contribution in [2.45, 2.75) is 0 Å². The minimum Gasteiger partial charge on any atom is -0.345 e. The van der Waals surface area contributed by atoms with E-state index in [1.165, 1.54) is 0 Å². The second-order valence-corrected chi connectivity index (χ2v) is 2.34. The van der Waals surface area contributed by atoms with Gasteiger partial charge in [0.05, 0.1) is 6.20 Å². The number of aromatic amines is 2. The maximum Gasteiger partial charge on any atom is 0.129 e. The number of hydrogen-bond acceptors (Lipinski definition) is 2. The Morgan fingerprint density at radius 2 is 2.33 bits per heavy atom. The van der Waals surface area contributed by atoms with Crippen molar-refractivity contribution in [2.75, 3.05) is 0 Å². The van der Waals surface area contributed by atoms with Gasteiger partial charge in [-0.1, -0.05) is 0 Å². The van der Waals surface area contributed by atoms with E-state index in [-0.39, 0.29) is 0 Å². The van der Waals surface area contributed by atoms with Crippen LogP contribution in [0.15, 0.2) is 24.8 Å². The molecule has 0 amide bonds. The van der Waals surface area contributed by atoms with E-state index in [2.05, 4.69) is 20.2 Å². The Kier molecular flexibility index (Phi) is 1.74. The Hall–Kier alpha value is -1.84. The summed E-state index contributed by atoms with van der Waals surface area (Å²) < 4.78 is 0. The van der Waals surface area contributed by atoms with Crippen LogP contribution >= 0.6 is 0 Å². The van der Waals surface area contributed by atoms with Crippen LogP contribution in [0.25, 0.3) is 12.2 Å². The summed E-state index contributed by atoms with van der Waals surface area (Å²) in [5.41, 5.74) is 1.03. The van der Waals surface area contributed by atoms with Crippen molar-refractivity contribution in [1.82, 2.24) is 20.2 Å². The highest BCUT2D eigenvalue weighted by Crippen LogP contribution is 2.00. The quantitative estimate of drug-likeness (QED) is 0.695. The summed E-state index contributed by atoms with van der Waals surface area (Å²) >= 11 is 0. The molecule has 0 radical (unpaired) electrons. The zero-order valence-electron chi connectivity index (χ0n) is 6.36. The molecular formula is C8H8N4. The molecule has 4 nitrogen and oxygen atoms in total. The minimum absolute atomic E-state index is 0.844. The molecule has 0 atom stereocenters. The van der Waals surface area contributed by atoms with E-state index in [1.54, 1.807) is 18.6 Å². The van der Waals surface area contributed by atoms with Crippen LogP contribution in [0, 0.1) is 0 Å². The molecule has 0 aromatic carbocycles. The van der Waals surface area contributed by atoms with Gasteiger partial charge in [-0.15, -0.1) is 0 Å². The second-order valence-electron chi connectivity index (χ2n) is 2.34. The van der Waals surface area contributed by atoms with Gasteiger partial charge in [-0.2, -0.15) is 5.10 Å². The Morgan fingerprint density at radius 3 is 3.00 bits per heavy atom. The van der Waals surface area contributed by atoms with Gasteiger partial charge in [0.2, 0.25) is 0 Å². The third-order valence-electron chi connectivity index (χ3n) is 1.47. The van der Waals surface area contributed by atoms with Crippen LogP contribution in [0.5, 0.6) is 0 Å². The zero-order valence-corrected chi connectivity index (χ0v) is 6.36. The van der Waals surface area contributed by atoms with Gasteiger partial charge in [0, 0.05) is 24.2 Å². The SMILES string of the molecule is C(=C\c1ncc[nH]1)/c1cn[nH]c1. The molecule has 0 aliphatic heterocycles. The predicted octanol–water partition coefficient (Wildman–Crippen LogP) is 1.30. The van der Waals surface area contributed by atoms with Crippen molar-refractivity contribution in [3.8, 4) is 0 Å². The average molecular weight is 160 g/mol. The van der Waals surface area contributed by atoms with E-state index in [1.807, 2.05) is 18.3 Å². The van der Waals surface area contributed by atoms with Gasteiger partial charge in [0.1, 0.15) is 5.82 Å². The van der Waals surface area contributed by atoms with Gasteiger partial charge in [-0.05, 0) is 12.2 Å². The number of hydrogen-bond donors (Lipinski definition) is 2. The van der Waals surface area contributed by atoms with Crippen LogP contribution in [0.4, 0.5) is 0 Å². The van der Waals surface area contributed by atoms with Gasteiger partial charge in [-0.3, -0.25) is 5.10 Å². The van der Waals surface area contributed by atoms with Crippen LogP contribution in [0.1, 0.15) is 11.4 Å². The van der Waals surface area contributed by atoms with Gasteiger partial charge in [-0.25, -0.2) is 4.98 Å². The number of rotatable bonds is 2. The predicted molar refractivity (Wildman–Crippen MR) is 46.1 cm³/mol. The number of aromatic nitrogens is 4. The molecule has 0 bridgehead atoms. The molecule has 0 aliphatic carbocycles. The summed E-state index contributed by atoms with van der Waals surface area (Å²) in [6.07, 6.45) is 10.9. The maximum atomic E-state index is 4.04. The highest BCUT2D eigenvalue weighted by atomic mass is 15.1. The number of nitrogens with one attached hydrogen (secondary N) is 2. The first-order valence-electron chi connectivity index (χ1n) is 3.61. The molecule has 4 heteroatoms. The summed E-state index contributed by atoms with van der Waals surface area (Å²) in [4.78, 5) is 7.01. The molecule has 2 aromatic rings.